The molecular formula is C20H22. The van der Waals surface area contributed by atoms with Crippen LogP contribution in [-0.4, -0.2) is 0 Å². The lowest BCUT2D eigenvalue weighted by atomic mass is 9.93. The fourth-order valence-corrected chi connectivity index (χ4v) is 2.49. The van der Waals surface area contributed by atoms with Crippen LogP contribution in [0.25, 0.3) is 11.1 Å². The summed E-state index contributed by atoms with van der Waals surface area (Å²) in [6.07, 6.45) is 5.75. The van der Waals surface area contributed by atoms with Crippen molar-refractivity contribution in [3.05, 3.63) is 84.0 Å². The molecule has 0 aliphatic heterocycles. The van der Waals surface area contributed by atoms with Gasteiger partial charge in [0.25, 0.3) is 0 Å². The highest BCUT2D eigenvalue weighted by atomic mass is 14.1. The minimum Gasteiger partial charge on any atom is -0.103 e. The highest BCUT2D eigenvalue weighted by Crippen LogP contribution is 2.27. The van der Waals surface area contributed by atoms with Gasteiger partial charge in [0.1, 0.15) is 0 Å². The zero-order valence-electron chi connectivity index (χ0n) is 12.4. The summed E-state index contributed by atoms with van der Waals surface area (Å²) in [7, 11) is 0. The lowest BCUT2D eigenvalue weighted by molar-refractivity contribution is 1.21. The van der Waals surface area contributed by atoms with Crippen LogP contribution in [0.5, 0.6) is 0 Å². The zero-order chi connectivity index (χ0) is 14.5. The van der Waals surface area contributed by atoms with Gasteiger partial charge in [0.15, 0.2) is 0 Å². The molecule has 0 aliphatic rings. The van der Waals surface area contributed by atoms with Crippen molar-refractivity contribution in [2.45, 2.75) is 26.7 Å². The van der Waals surface area contributed by atoms with Gasteiger partial charge in [-0.25, -0.2) is 0 Å². The average Bonchev–Trinajstić information content (AvgIpc) is 2.44. The van der Waals surface area contributed by atoms with Crippen LogP contribution in [0.2, 0.25) is 0 Å². The summed E-state index contributed by atoms with van der Waals surface area (Å²) < 4.78 is 0. The van der Waals surface area contributed by atoms with E-state index in [4.69, 9.17) is 0 Å². The first kappa shape index (κ1) is 14.3. The molecule has 2 aromatic rings. The molecule has 0 bridgehead atoms. The number of benzene rings is 2. The van der Waals surface area contributed by atoms with Crippen LogP contribution in [0, 0.1) is 13.8 Å². The Balaban J connectivity index is 2.49. The minimum absolute atomic E-state index is 0.915. The molecule has 0 aliphatic carbocycles. The van der Waals surface area contributed by atoms with E-state index in [-0.39, 0.29) is 0 Å². The highest BCUT2D eigenvalue weighted by molar-refractivity contribution is 5.69. The van der Waals surface area contributed by atoms with E-state index in [9.17, 15) is 0 Å². The van der Waals surface area contributed by atoms with Crippen molar-refractivity contribution >= 4 is 0 Å². The molecule has 0 heterocycles. The number of rotatable bonds is 5. The first-order valence-corrected chi connectivity index (χ1v) is 7.07. The Kier molecular flexibility index (Phi) is 4.57. The summed E-state index contributed by atoms with van der Waals surface area (Å²) in [6, 6.07) is 13.4. The number of hydrogen-bond acceptors (Lipinski definition) is 0. The van der Waals surface area contributed by atoms with Crippen LogP contribution in [-0.2, 0) is 12.8 Å². The Morgan fingerprint density at radius 2 is 1.55 bits per heavy atom. The fourth-order valence-electron chi connectivity index (χ4n) is 2.49. The molecule has 0 nitrogen and oxygen atoms in total. The molecule has 0 unspecified atom stereocenters. The van der Waals surface area contributed by atoms with E-state index in [0.717, 1.165) is 12.8 Å². The van der Waals surface area contributed by atoms with Gasteiger partial charge in [0, 0.05) is 0 Å². The Labute approximate surface area is 122 Å². The predicted molar refractivity (Wildman–Crippen MR) is 89.2 cm³/mol. The summed E-state index contributed by atoms with van der Waals surface area (Å²) in [6.45, 7) is 12.0. The maximum Gasteiger partial charge on any atom is -0.00973 e. The topological polar surface area (TPSA) is 0 Å². The summed E-state index contributed by atoms with van der Waals surface area (Å²) >= 11 is 0. The molecule has 0 radical (unpaired) electrons. The van der Waals surface area contributed by atoms with Crippen LogP contribution >= 0.6 is 0 Å². The SMILES string of the molecule is C=CCc1ccc(C)c(-c2ccc(C)c(CC=C)c2)c1. The molecule has 0 spiro atoms. The third-order valence-corrected chi connectivity index (χ3v) is 3.71. The predicted octanol–water partition coefficient (Wildman–Crippen LogP) is 5.43. The van der Waals surface area contributed by atoms with Crippen molar-refractivity contribution in [2.24, 2.45) is 0 Å². The Hall–Kier alpha value is -2.08. The molecule has 2 aromatic carbocycles. The number of aryl methyl sites for hydroxylation is 2. The fraction of sp³-hybridized carbons (Fsp3) is 0.200. The van der Waals surface area contributed by atoms with E-state index in [2.05, 4.69) is 63.4 Å². The van der Waals surface area contributed by atoms with Crippen LogP contribution < -0.4 is 0 Å². The molecule has 20 heavy (non-hydrogen) atoms. The van der Waals surface area contributed by atoms with Crippen LogP contribution in [0.15, 0.2) is 61.7 Å². The summed E-state index contributed by atoms with van der Waals surface area (Å²) in [4.78, 5) is 0. The molecule has 0 N–H and O–H groups in total. The quantitative estimate of drug-likeness (QED) is 0.630. The lowest BCUT2D eigenvalue weighted by Crippen LogP contribution is -1.92. The maximum absolute atomic E-state index is 3.84. The van der Waals surface area contributed by atoms with E-state index in [1.807, 2.05) is 12.2 Å². The number of allylic oxidation sites excluding steroid dienone is 2. The monoisotopic (exact) mass is 262 g/mol. The third-order valence-electron chi connectivity index (χ3n) is 3.71. The smallest absolute Gasteiger partial charge is 0.00973 e. The van der Waals surface area contributed by atoms with Crippen molar-refractivity contribution in [1.82, 2.24) is 0 Å². The van der Waals surface area contributed by atoms with Gasteiger partial charge in [0.05, 0.1) is 0 Å². The lowest BCUT2D eigenvalue weighted by Gasteiger charge is -2.11. The van der Waals surface area contributed by atoms with Gasteiger partial charge >= 0.3 is 0 Å². The van der Waals surface area contributed by atoms with E-state index in [0.29, 0.717) is 0 Å². The Morgan fingerprint density at radius 3 is 2.25 bits per heavy atom. The molecule has 0 amide bonds. The van der Waals surface area contributed by atoms with Crippen LogP contribution in [0.4, 0.5) is 0 Å². The second kappa shape index (κ2) is 6.38. The highest BCUT2D eigenvalue weighted by Gasteiger charge is 2.05. The van der Waals surface area contributed by atoms with Crippen molar-refractivity contribution < 1.29 is 0 Å². The minimum atomic E-state index is 0.915. The van der Waals surface area contributed by atoms with E-state index in [1.165, 1.54) is 33.4 Å². The second-order valence-electron chi connectivity index (χ2n) is 5.28. The van der Waals surface area contributed by atoms with Crippen molar-refractivity contribution in [2.75, 3.05) is 0 Å². The van der Waals surface area contributed by atoms with Crippen molar-refractivity contribution in [3.8, 4) is 11.1 Å². The Morgan fingerprint density at radius 1 is 0.850 bits per heavy atom. The standard InChI is InChI=1S/C20H22/c1-5-7-17-11-9-16(4)20(13-17)19-12-10-15(3)18(14-19)8-6-2/h5-6,9-14H,1-2,7-8H2,3-4H3. The number of hydrogen-bond donors (Lipinski definition) is 0. The van der Waals surface area contributed by atoms with Crippen LogP contribution in [0.1, 0.15) is 22.3 Å². The summed E-state index contributed by atoms with van der Waals surface area (Å²) in [5, 5.41) is 0. The normalized spacial score (nSPS) is 10.3. The first-order chi connectivity index (χ1) is 9.65. The van der Waals surface area contributed by atoms with E-state index in [1.54, 1.807) is 0 Å². The molecule has 0 saturated heterocycles. The van der Waals surface area contributed by atoms with Crippen molar-refractivity contribution in [1.29, 1.82) is 0 Å². The molecule has 0 aromatic heterocycles. The molecule has 0 fully saturated rings. The van der Waals surface area contributed by atoms with Gasteiger partial charge in [-0.2, -0.15) is 0 Å². The zero-order valence-corrected chi connectivity index (χ0v) is 12.4. The van der Waals surface area contributed by atoms with Gasteiger partial charge in [-0.1, -0.05) is 48.6 Å². The van der Waals surface area contributed by atoms with Crippen molar-refractivity contribution in [3.63, 3.8) is 0 Å². The van der Waals surface area contributed by atoms with Gasteiger partial charge < -0.3 is 0 Å². The van der Waals surface area contributed by atoms with E-state index >= 15 is 0 Å². The molecule has 0 heteroatoms. The molecule has 2 rings (SSSR count). The third kappa shape index (κ3) is 3.08. The first-order valence-electron chi connectivity index (χ1n) is 7.07. The molecule has 0 atom stereocenters. The van der Waals surface area contributed by atoms with Gasteiger partial charge in [-0.15, -0.1) is 13.2 Å². The average molecular weight is 262 g/mol. The van der Waals surface area contributed by atoms with Gasteiger partial charge in [-0.3, -0.25) is 0 Å². The second-order valence-corrected chi connectivity index (χ2v) is 5.28. The summed E-state index contributed by atoms with van der Waals surface area (Å²) in [5.41, 5.74) is 7.91. The molecule has 102 valence electrons. The molecular weight excluding hydrogens is 240 g/mol. The maximum atomic E-state index is 3.84. The van der Waals surface area contributed by atoms with Gasteiger partial charge in [-0.05, 0) is 60.1 Å². The molecule has 0 saturated carbocycles. The van der Waals surface area contributed by atoms with Gasteiger partial charge in [0.2, 0.25) is 0 Å². The Bertz CT molecular complexity index is 632. The summed E-state index contributed by atoms with van der Waals surface area (Å²) in [5.74, 6) is 0. The largest absolute Gasteiger partial charge is 0.103 e. The van der Waals surface area contributed by atoms with E-state index < -0.39 is 0 Å². The van der Waals surface area contributed by atoms with Crippen LogP contribution in [0.3, 0.4) is 0 Å².